The van der Waals surface area contributed by atoms with E-state index in [4.69, 9.17) is 10.1 Å². The maximum absolute atomic E-state index is 12.6. The topological polar surface area (TPSA) is 128 Å². The molecule has 2 aromatic heterocycles. The summed E-state index contributed by atoms with van der Waals surface area (Å²) in [6.07, 6.45) is 7.30. The molecule has 38 heavy (non-hydrogen) atoms. The van der Waals surface area contributed by atoms with Crippen molar-refractivity contribution in [1.29, 1.82) is 5.41 Å². The molecule has 2 aromatic rings. The normalized spacial score (nSPS) is 16.2. The number of pyridine rings is 1. The zero-order valence-electron chi connectivity index (χ0n) is 22.3. The number of piperazine rings is 1. The van der Waals surface area contributed by atoms with Gasteiger partial charge in [-0.1, -0.05) is 19.4 Å². The Hall–Kier alpha value is -3.86. The molecule has 11 heteroatoms. The van der Waals surface area contributed by atoms with E-state index in [0.29, 0.717) is 41.9 Å². The quantitative estimate of drug-likeness (QED) is 0.262. The van der Waals surface area contributed by atoms with Crippen LogP contribution in [0.15, 0.2) is 36.8 Å². The summed E-state index contributed by atoms with van der Waals surface area (Å²) < 4.78 is 7.06. The van der Waals surface area contributed by atoms with Crippen LogP contribution in [0.25, 0.3) is 0 Å². The number of hydrogen-bond donors (Lipinski definition) is 4. The molecule has 0 spiro atoms. The second-order valence-corrected chi connectivity index (χ2v) is 9.56. The van der Waals surface area contributed by atoms with Gasteiger partial charge >= 0.3 is 5.97 Å². The van der Waals surface area contributed by atoms with E-state index in [1.165, 1.54) is 6.21 Å². The number of aromatic nitrogens is 2. The first-order valence-corrected chi connectivity index (χ1v) is 13.2. The predicted molar refractivity (Wildman–Crippen MR) is 149 cm³/mol. The molecule has 0 bridgehead atoms. The SMILES string of the molecule is C=C(Nc1ccc(N2CCN(CC(=O)OCC)CC2)cn1)Nc1c(C=N)cc(C(=O)NC)n1C1CCCC1. The third-order valence-electron chi connectivity index (χ3n) is 7.06. The van der Waals surface area contributed by atoms with E-state index in [2.05, 4.69) is 37.3 Å². The smallest absolute Gasteiger partial charge is 0.320 e. The maximum Gasteiger partial charge on any atom is 0.320 e. The number of ether oxygens (including phenoxy) is 1. The third kappa shape index (κ3) is 6.34. The van der Waals surface area contributed by atoms with Crippen LogP contribution in [-0.4, -0.2) is 78.9 Å². The zero-order valence-corrected chi connectivity index (χ0v) is 22.3. The van der Waals surface area contributed by atoms with Gasteiger partial charge in [-0.15, -0.1) is 0 Å². The molecule has 2 aliphatic rings. The Morgan fingerprint density at radius 2 is 1.92 bits per heavy atom. The van der Waals surface area contributed by atoms with Gasteiger partial charge in [0, 0.05) is 51.0 Å². The maximum atomic E-state index is 12.6. The lowest BCUT2D eigenvalue weighted by atomic mass is 10.2. The number of nitrogens with one attached hydrogen (secondary N) is 4. The summed E-state index contributed by atoms with van der Waals surface area (Å²) in [6, 6.07) is 5.86. The van der Waals surface area contributed by atoms with E-state index in [1.807, 2.05) is 29.8 Å². The zero-order chi connectivity index (χ0) is 27.1. The van der Waals surface area contributed by atoms with Gasteiger partial charge in [-0.3, -0.25) is 14.5 Å². The van der Waals surface area contributed by atoms with E-state index in [1.54, 1.807) is 13.1 Å². The second-order valence-electron chi connectivity index (χ2n) is 9.56. The molecule has 11 nitrogen and oxygen atoms in total. The lowest BCUT2D eigenvalue weighted by Gasteiger charge is -2.35. The average Bonchev–Trinajstić information content (AvgIpc) is 3.57. The molecule has 4 rings (SSSR count). The fraction of sp³-hybridized carbons (Fsp3) is 0.481. The number of nitrogens with zero attached hydrogens (tertiary/aromatic N) is 4. The molecule has 1 saturated carbocycles. The van der Waals surface area contributed by atoms with Gasteiger partial charge in [0.2, 0.25) is 0 Å². The number of carbonyl (C=O) groups is 2. The summed E-state index contributed by atoms with van der Waals surface area (Å²) in [4.78, 5) is 33.2. The Morgan fingerprint density at radius 1 is 1.18 bits per heavy atom. The first-order valence-electron chi connectivity index (χ1n) is 13.2. The first kappa shape index (κ1) is 27.2. The molecule has 1 amide bonds. The summed E-state index contributed by atoms with van der Waals surface area (Å²) in [7, 11) is 1.62. The summed E-state index contributed by atoms with van der Waals surface area (Å²) >= 11 is 0. The molecule has 0 atom stereocenters. The van der Waals surface area contributed by atoms with E-state index in [-0.39, 0.29) is 17.9 Å². The van der Waals surface area contributed by atoms with Gasteiger partial charge in [0.15, 0.2) is 0 Å². The molecule has 0 aromatic carbocycles. The highest BCUT2D eigenvalue weighted by molar-refractivity contribution is 5.98. The minimum Gasteiger partial charge on any atom is -0.465 e. The molecule has 4 N–H and O–H groups in total. The molecule has 0 unspecified atom stereocenters. The van der Waals surface area contributed by atoms with Crippen LogP contribution in [0.1, 0.15) is 54.7 Å². The van der Waals surface area contributed by atoms with E-state index in [0.717, 1.165) is 57.5 Å². The highest BCUT2D eigenvalue weighted by Crippen LogP contribution is 2.36. The van der Waals surface area contributed by atoms with Gasteiger partial charge in [-0.25, -0.2) is 4.98 Å². The van der Waals surface area contributed by atoms with Crippen LogP contribution >= 0.6 is 0 Å². The van der Waals surface area contributed by atoms with Crippen molar-refractivity contribution >= 4 is 35.4 Å². The van der Waals surface area contributed by atoms with Gasteiger partial charge < -0.3 is 35.6 Å². The summed E-state index contributed by atoms with van der Waals surface area (Å²) in [5, 5.41) is 17.1. The molecule has 1 aliphatic heterocycles. The van der Waals surface area contributed by atoms with Crippen LogP contribution in [-0.2, 0) is 9.53 Å². The van der Waals surface area contributed by atoms with Crippen molar-refractivity contribution in [3.63, 3.8) is 0 Å². The number of esters is 1. The number of rotatable bonds is 11. The summed E-state index contributed by atoms with van der Waals surface area (Å²) in [6.45, 7) is 9.84. The monoisotopic (exact) mass is 522 g/mol. The van der Waals surface area contributed by atoms with Crippen LogP contribution in [0.2, 0.25) is 0 Å². The molecule has 1 saturated heterocycles. The van der Waals surface area contributed by atoms with Gasteiger partial charge in [-0.05, 0) is 38.0 Å². The molecule has 2 fully saturated rings. The molecule has 1 aliphatic carbocycles. The molecular formula is C27H38N8O3. The minimum atomic E-state index is -0.181. The van der Waals surface area contributed by atoms with Crippen molar-refractivity contribution in [3.8, 4) is 0 Å². The Labute approximate surface area is 223 Å². The van der Waals surface area contributed by atoms with Gasteiger partial charge in [-0.2, -0.15) is 0 Å². The second kappa shape index (κ2) is 12.6. The van der Waals surface area contributed by atoms with Gasteiger partial charge in [0.05, 0.1) is 25.0 Å². The van der Waals surface area contributed by atoms with Crippen molar-refractivity contribution in [2.75, 3.05) is 61.9 Å². The van der Waals surface area contributed by atoms with Crippen molar-refractivity contribution < 1.29 is 14.3 Å². The number of amides is 1. The minimum absolute atomic E-state index is 0.175. The number of carbonyl (C=O) groups excluding carboxylic acids is 2. The lowest BCUT2D eigenvalue weighted by Crippen LogP contribution is -2.48. The first-order chi connectivity index (χ1) is 18.4. The largest absolute Gasteiger partial charge is 0.465 e. The Balaban J connectivity index is 1.39. The molecule has 3 heterocycles. The fourth-order valence-electron chi connectivity index (χ4n) is 5.16. The standard InChI is InChI=1S/C27H38N8O3/c1-4-38-25(36)18-33-11-13-34(14-12-33)22-9-10-24(30-17-22)31-19(2)32-26-20(16-28)15-23(27(37)29-3)35(26)21-7-5-6-8-21/h9-10,15-17,21,28,32H,2,4-8,11-14,18H2,1,3H3,(H,29,37)(H,30,31). The van der Waals surface area contributed by atoms with Gasteiger partial charge in [0.1, 0.15) is 23.2 Å². The van der Waals surface area contributed by atoms with E-state index >= 15 is 0 Å². The predicted octanol–water partition coefficient (Wildman–Crippen LogP) is 3.04. The van der Waals surface area contributed by atoms with Crippen molar-refractivity contribution in [2.24, 2.45) is 0 Å². The van der Waals surface area contributed by atoms with Crippen molar-refractivity contribution in [3.05, 3.63) is 48.1 Å². The fourth-order valence-corrected chi connectivity index (χ4v) is 5.16. The van der Waals surface area contributed by atoms with Crippen LogP contribution < -0.4 is 20.9 Å². The Kier molecular flexibility index (Phi) is 9.01. The lowest BCUT2D eigenvalue weighted by molar-refractivity contribution is -0.144. The molecule has 204 valence electrons. The van der Waals surface area contributed by atoms with E-state index in [9.17, 15) is 9.59 Å². The summed E-state index contributed by atoms with van der Waals surface area (Å²) in [5.74, 6) is 1.46. The summed E-state index contributed by atoms with van der Waals surface area (Å²) in [5.41, 5.74) is 2.18. The number of anilines is 3. The van der Waals surface area contributed by atoms with E-state index < -0.39 is 0 Å². The Bertz CT molecular complexity index is 1150. The van der Waals surface area contributed by atoms with Gasteiger partial charge in [0.25, 0.3) is 5.91 Å². The highest BCUT2D eigenvalue weighted by Gasteiger charge is 2.27. The molecular weight excluding hydrogens is 484 g/mol. The van der Waals surface area contributed by atoms with Crippen molar-refractivity contribution in [2.45, 2.75) is 38.6 Å². The third-order valence-corrected chi connectivity index (χ3v) is 7.06. The van der Waals surface area contributed by atoms with Crippen molar-refractivity contribution in [1.82, 2.24) is 19.8 Å². The Morgan fingerprint density at radius 3 is 2.53 bits per heavy atom. The average molecular weight is 523 g/mol. The van der Waals surface area contributed by atoms with Crippen LogP contribution in [0.3, 0.4) is 0 Å². The number of hydrogen-bond acceptors (Lipinski definition) is 9. The molecule has 0 radical (unpaired) electrons. The van der Waals surface area contributed by atoms with Crippen LogP contribution in [0.5, 0.6) is 0 Å². The van der Waals surface area contributed by atoms with Crippen LogP contribution in [0, 0.1) is 5.41 Å². The highest BCUT2D eigenvalue weighted by atomic mass is 16.5. The van der Waals surface area contributed by atoms with Crippen LogP contribution in [0.4, 0.5) is 17.3 Å².